The SMILES string of the molecule is C.CNC(=O)c1cc(C)cc2ccccc12. The van der Waals surface area contributed by atoms with Crippen LogP contribution in [0.4, 0.5) is 0 Å². The third kappa shape index (κ3) is 2.06. The molecule has 2 rings (SSSR count). The molecule has 0 heterocycles. The van der Waals surface area contributed by atoms with Crippen molar-refractivity contribution < 1.29 is 4.79 Å². The molecular formula is C14H17NO. The van der Waals surface area contributed by atoms with Crippen LogP contribution in [0.3, 0.4) is 0 Å². The number of fused-ring (bicyclic) bond motifs is 1. The minimum atomic E-state index is -0.0325. The smallest absolute Gasteiger partial charge is 0.251 e. The Balaban J connectivity index is 0.00000128. The lowest BCUT2D eigenvalue weighted by atomic mass is 10.0. The molecule has 16 heavy (non-hydrogen) atoms. The van der Waals surface area contributed by atoms with E-state index in [0.717, 1.165) is 21.9 Å². The van der Waals surface area contributed by atoms with E-state index in [9.17, 15) is 4.79 Å². The Morgan fingerprint density at radius 2 is 1.88 bits per heavy atom. The van der Waals surface area contributed by atoms with Gasteiger partial charge in [0.05, 0.1) is 0 Å². The van der Waals surface area contributed by atoms with Crippen molar-refractivity contribution in [1.82, 2.24) is 5.32 Å². The molecule has 0 spiro atoms. The summed E-state index contributed by atoms with van der Waals surface area (Å²) in [6.45, 7) is 2.00. The van der Waals surface area contributed by atoms with E-state index in [4.69, 9.17) is 0 Å². The van der Waals surface area contributed by atoms with Crippen molar-refractivity contribution in [3.05, 3.63) is 47.5 Å². The van der Waals surface area contributed by atoms with E-state index in [-0.39, 0.29) is 13.3 Å². The Labute approximate surface area is 96.3 Å². The van der Waals surface area contributed by atoms with Gasteiger partial charge in [-0.1, -0.05) is 37.8 Å². The number of amides is 1. The highest BCUT2D eigenvalue weighted by molar-refractivity contribution is 6.07. The van der Waals surface area contributed by atoms with Crippen molar-refractivity contribution >= 4 is 16.7 Å². The van der Waals surface area contributed by atoms with Crippen molar-refractivity contribution in [2.75, 3.05) is 7.05 Å². The predicted molar refractivity (Wildman–Crippen MR) is 68.8 cm³/mol. The molecule has 0 radical (unpaired) electrons. The Kier molecular flexibility index (Phi) is 3.67. The van der Waals surface area contributed by atoms with Gasteiger partial charge in [-0.25, -0.2) is 0 Å². The maximum Gasteiger partial charge on any atom is 0.251 e. The van der Waals surface area contributed by atoms with Gasteiger partial charge in [-0.15, -0.1) is 0 Å². The summed E-state index contributed by atoms with van der Waals surface area (Å²) >= 11 is 0. The molecule has 2 aromatic carbocycles. The van der Waals surface area contributed by atoms with Crippen molar-refractivity contribution in [3.8, 4) is 0 Å². The number of hydrogen-bond acceptors (Lipinski definition) is 1. The van der Waals surface area contributed by atoms with Crippen LogP contribution in [-0.4, -0.2) is 13.0 Å². The van der Waals surface area contributed by atoms with E-state index < -0.39 is 0 Å². The van der Waals surface area contributed by atoms with Gasteiger partial charge < -0.3 is 5.32 Å². The second-order valence-corrected chi connectivity index (χ2v) is 3.61. The number of rotatable bonds is 1. The summed E-state index contributed by atoms with van der Waals surface area (Å²) in [4.78, 5) is 11.7. The van der Waals surface area contributed by atoms with Crippen molar-refractivity contribution in [2.24, 2.45) is 0 Å². The summed E-state index contributed by atoms with van der Waals surface area (Å²) in [7, 11) is 1.65. The largest absolute Gasteiger partial charge is 0.355 e. The Morgan fingerprint density at radius 1 is 1.19 bits per heavy atom. The number of benzene rings is 2. The van der Waals surface area contributed by atoms with Crippen LogP contribution in [0.15, 0.2) is 36.4 Å². The fourth-order valence-corrected chi connectivity index (χ4v) is 1.78. The van der Waals surface area contributed by atoms with Crippen LogP contribution in [0.25, 0.3) is 10.8 Å². The quantitative estimate of drug-likeness (QED) is 0.778. The van der Waals surface area contributed by atoms with Gasteiger partial charge in [-0.2, -0.15) is 0 Å². The maximum absolute atomic E-state index is 11.7. The normalized spacial score (nSPS) is 9.62. The van der Waals surface area contributed by atoms with E-state index in [1.807, 2.05) is 37.3 Å². The highest BCUT2D eigenvalue weighted by atomic mass is 16.1. The molecular weight excluding hydrogens is 198 g/mol. The van der Waals surface area contributed by atoms with E-state index in [0.29, 0.717) is 0 Å². The lowest BCUT2D eigenvalue weighted by Crippen LogP contribution is -2.18. The lowest BCUT2D eigenvalue weighted by Gasteiger charge is -2.06. The highest BCUT2D eigenvalue weighted by Crippen LogP contribution is 2.20. The number of carbonyl (C=O) groups is 1. The summed E-state index contributed by atoms with van der Waals surface area (Å²) in [6, 6.07) is 11.9. The van der Waals surface area contributed by atoms with Gasteiger partial charge in [0.15, 0.2) is 0 Å². The van der Waals surface area contributed by atoms with Crippen LogP contribution in [-0.2, 0) is 0 Å². The molecule has 84 valence electrons. The summed E-state index contributed by atoms with van der Waals surface area (Å²) in [6.07, 6.45) is 0. The first-order valence-electron chi connectivity index (χ1n) is 4.94. The summed E-state index contributed by atoms with van der Waals surface area (Å²) in [5, 5.41) is 4.77. The van der Waals surface area contributed by atoms with Gasteiger partial charge in [0.1, 0.15) is 0 Å². The molecule has 0 aliphatic rings. The van der Waals surface area contributed by atoms with Gasteiger partial charge in [-0.3, -0.25) is 4.79 Å². The lowest BCUT2D eigenvalue weighted by molar-refractivity contribution is 0.0964. The average Bonchev–Trinajstić information content (AvgIpc) is 2.26. The molecule has 1 N–H and O–H groups in total. The number of carbonyl (C=O) groups excluding carboxylic acids is 1. The van der Waals surface area contributed by atoms with Crippen LogP contribution >= 0.6 is 0 Å². The maximum atomic E-state index is 11.7. The third-order valence-electron chi connectivity index (χ3n) is 2.48. The van der Waals surface area contributed by atoms with E-state index in [1.54, 1.807) is 7.05 Å². The van der Waals surface area contributed by atoms with Crippen LogP contribution in [0.2, 0.25) is 0 Å². The Morgan fingerprint density at radius 3 is 2.56 bits per heavy atom. The first-order valence-corrected chi connectivity index (χ1v) is 4.94. The molecule has 0 bridgehead atoms. The fourth-order valence-electron chi connectivity index (χ4n) is 1.78. The Bertz CT molecular complexity index is 517. The molecule has 0 atom stereocenters. The topological polar surface area (TPSA) is 29.1 Å². The molecule has 0 saturated heterocycles. The van der Waals surface area contributed by atoms with Gasteiger partial charge in [0.2, 0.25) is 0 Å². The molecule has 0 aliphatic carbocycles. The van der Waals surface area contributed by atoms with E-state index in [1.165, 1.54) is 0 Å². The van der Waals surface area contributed by atoms with Gasteiger partial charge in [0.25, 0.3) is 5.91 Å². The molecule has 0 fully saturated rings. The zero-order chi connectivity index (χ0) is 10.8. The van der Waals surface area contributed by atoms with Crippen LogP contribution in [0.1, 0.15) is 23.3 Å². The van der Waals surface area contributed by atoms with E-state index in [2.05, 4.69) is 11.4 Å². The summed E-state index contributed by atoms with van der Waals surface area (Å²) in [5.74, 6) is -0.0325. The number of hydrogen-bond donors (Lipinski definition) is 1. The molecule has 1 amide bonds. The standard InChI is InChI=1S/C13H13NO.CH4/c1-9-7-10-5-3-4-6-11(10)12(8-9)13(15)14-2;/h3-8H,1-2H3,(H,14,15);1H4. The molecule has 2 aromatic rings. The number of aryl methyl sites for hydroxylation is 1. The molecule has 2 nitrogen and oxygen atoms in total. The molecule has 2 heteroatoms. The Hall–Kier alpha value is -1.83. The predicted octanol–water partition coefficient (Wildman–Crippen LogP) is 3.14. The zero-order valence-electron chi connectivity index (χ0n) is 8.87. The van der Waals surface area contributed by atoms with Crippen molar-refractivity contribution in [1.29, 1.82) is 0 Å². The molecule has 0 aromatic heterocycles. The van der Waals surface area contributed by atoms with Gasteiger partial charge in [0, 0.05) is 12.6 Å². The highest BCUT2D eigenvalue weighted by Gasteiger charge is 2.08. The average molecular weight is 215 g/mol. The minimum Gasteiger partial charge on any atom is -0.355 e. The monoisotopic (exact) mass is 215 g/mol. The van der Waals surface area contributed by atoms with Crippen LogP contribution < -0.4 is 5.32 Å². The first kappa shape index (κ1) is 12.2. The van der Waals surface area contributed by atoms with Crippen molar-refractivity contribution in [2.45, 2.75) is 14.4 Å². The minimum absolute atomic E-state index is 0. The second kappa shape index (κ2) is 4.79. The molecule has 0 aliphatic heterocycles. The second-order valence-electron chi connectivity index (χ2n) is 3.61. The van der Waals surface area contributed by atoms with Crippen LogP contribution in [0, 0.1) is 6.92 Å². The third-order valence-corrected chi connectivity index (χ3v) is 2.48. The zero-order valence-corrected chi connectivity index (χ0v) is 8.87. The van der Waals surface area contributed by atoms with Gasteiger partial charge in [-0.05, 0) is 29.3 Å². The molecule has 0 unspecified atom stereocenters. The van der Waals surface area contributed by atoms with Crippen LogP contribution in [0.5, 0.6) is 0 Å². The first-order chi connectivity index (χ1) is 7.22. The number of nitrogens with one attached hydrogen (secondary N) is 1. The summed E-state index contributed by atoms with van der Waals surface area (Å²) < 4.78 is 0. The van der Waals surface area contributed by atoms with E-state index >= 15 is 0 Å². The summed E-state index contributed by atoms with van der Waals surface area (Å²) in [5.41, 5.74) is 1.85. The fraction of sp³-hybridized carbons (Fsp3) is 0.214. The van der Waals surface area contributed by atoms with Crippen molar-refractivity contribution in [3.63, 3.8) is 0 Å². The van der Waals surface area contributed by atoms with Gasteiger partial charge >= 0.3 is 0 Å². The molecule has 0 saturated carbocycles.